The average Bonchev–Trinajstić information content (AvgIpc) is 2.27. The Bertz CT molecular complexity index is 458. The van der Waals surface area contributed by atoms with E-state index in [1.54, 1.807) is 36.5 Å². The molecule has 0 saturated heterocycles. The molecule has 2 aliphatic rings. The molecule has 2 rings (SSSR count). The van der Waals surface area contributed by atoms with E-state index in [0.29, 0.717) is 10.1 Å². The van der Waals surface area contributed by atoms with E-state index in [1.165, 1.54) is 0 Å². The van der Waals surface area contributed by atoms with Crippen molar-refractivity contribution >= 4 is 23.2 Å². The van der Waals surface area contributed by atoms with Gasteiger partial charge < -0.3 is 10.2 Å². The van der Waals surface area contributed by atoms with Crippen molar-refractivity contribution in [1.82, 2.24) is 0 Å². The number of aliphatic hydroxyl groups is 2. The number of allylic oxidation sites excluding steroid dienone is 4. The zero-order chi connectivity index (χ0) is 14.3. The summed E-state index contributed by atoms with van der Waals surface area (Å²) in [6.07, 6.45) is 10.9. The second-order valence-electron chi connectivity index (χ2n) is 5.77. The second kappa shape index (κ2) is 4.78. The van der Waals surface area contributed by atoms with Crippen LogP contribution in [-0.2, 0) is 0 Å². The van der Waals surface area contributed by atoms with Crippen LogP contribution in [0.5, 0.6) is 0 Å². The first-order valence-electron chi connectivity index (χ1n) is 6.23. The molecule has 0 heterocycles. The van der Waals surface area contributed by atoms with Gasteiger partial charge in [0.2, 0.25) is 0 Å². The molecule has 0 aromatic heterocycles. The summed E-state index contributed by atoms with van der Waals surface area (Å²) in [6.45, 7) is 3.65. The smallest absolute Gasteiger partial charge is 0.0960 e. The first-order valence-corrected chi connectivity index (χ1v) is 6.98. The Hall–Kier alpha value is -0.540. The third-order valence-electron chi connectivity index (χ3n) is 4.34. The predicted octanol–water partition coefficient (Wildman–Crippen LogP) is 3.64. The lowest BCUT2D eigenvalue weighted by atomic mass is 9.60. The maximum atomic E-state index is 10.9. The lowest BCUT2D eigenvalue weighted by Crippen LogP contribution is -2.58. The van der Waals surface area contributed by atoms with Crippen molar-refractivity contribution in [3.05, 3.63) is 46.5 Å². The van der Waals surface area contributed by atoms with Crippen molar-refractivity contribution in [2.75, 3.05) is 0 Å². The maximum Gasteiger partial charge on any atom is 0.0960 e. The molecule has 2 N–H and O–H groups in total. The van der Waals surface area contributed by atoms with E-state index in [4.69, 9.17) is 23.2 Å². The van der Waals surface area contributed by atoms with Crippen LogP contribution in [0.25, 0.3) is 0 Å². The molecule has 19 heavy (non-hydrogen) atoms. The molecule has 0 aromatic carbocycles. The van der Waals surface area contributed by atoms with Crippen molar-refractivity contribution in [3.8, 4) is 0 Å². The summed E-state index contributed by atoms with van der Waals surface area (Å²) >= 11 is 12.1. The quantitative estimate of drug-likeness (QED) is 0.817. The first kappa shape index (κ1) is 14.9. The van der Waals surface area contributed by atoms with Crippen LogP contribution >= 0.6 is 23.2 Å². The number of rotatable bonds is 2. The molecule has 2 unspecified atom stereocenters. The van der Waals surface area contributed by atoms with Gasteiger partial charge >= 0.3 is 0 Å². The van der Waals surface area contributed by atoms with Gasteiger partial charge in [-0.25, -0.2) is 0 Å². The van der Waals surface area contributed by atoms with Crippen molar-refractivity contribution in [3.63, 3.8) is 0 Å². The van der Waals surface area contributed by atoms with Gasteiger partial charge in [-0.15, -0.1) is 0 Å². The molecule has 104 valence electrons. The highest BCUT2D eigenvalue weighted by Gasteiger charge is 2.55. The highest BCUT2D eigenvalue weighted by atomic mass is 35.5. The van der Waals surface area contributed by atoms with E-state index in [-0.39, 0.29) is 12.8 Å². The molecule has 0 bridgehead atoms. The Balaban J connectivity index is 2.38. The summed E-state index contributed by atoms with van der Waals surface area (Å²) < 4.78 is 0. The standard InChI is InChI=1S/C15H18Cl2O2/c1-13(2,14(18)7-3-5-11(16)9-14)15(19)8-4-6-12(17)10-15/h3-8,18-19H,9-10H2,1-2H3. The van der Waals surface area contributed by atoms with Crippen molar-refractivity contribution in [2.24, 2.45) is 5.41 Å². The molecule has 0 radical (unpaired) electrons. The number of halogens is 2. The summed E-state index contributed by atoms with van der Waals surface area (Å²) in [6, 6.07) is 0. The first-order chi connectivity index (χ1) is 8.70. The lowest BCUT2D eigenvalue weighted by molar-refractivity contribution is -0.133. The van der Waals surface area contributed by atoms with Crippen molar-refractivity contribution < 1.29 is 10.2 Å². The SMILES string of the molecule is CC(C)(C1(O)C=CC=C(Cl)C1)C1(O)C=CC=C(Cl)C1. The number of hydrogen-bond acceptors (Lipinski definition) is 2. The molecular formula is C15H18Cl2O2. The Labute approximate surface area is 123 Å². The van der Waals surface area contributed by atoms with Crippen LogP contribution in [-0.4, -0.2) is 21.4 Å². The fourth-order valence-corrected chi connectivity index (χ4v) is 3.16. The van der Waals surface area contributed by atoms with E-state index in [0.717, 1.165) is 0 Å². The highest BCUT2D eigenvalue weighted by Crippen LogP contribution is 2.50. The fraction of sp³-hybridized carbons (Fsp3) is 0.467. The maximum absolute atomic E-state index is 10.9. The molecule has 0 saturated carbocycles. The largest absolute Gasteiger partial charge is 0.385 e. The van der Waals surface area contributed by atoms with Gasteiger partial charge in [0.05, 0.1) is 11.2 Å². The topological polar surface area (TPSA) is 40.5 Å². The Morgan fingerprint density at radius 1 is 0.947 bits per heavy atom. The molecule has 2 atom stereocenters. The highest BCUT2D eigenvalue weighted by molar-refractivity contribution is 6.30. The molecule has 2 aliphatic carbocycles. The van der Waals surface area contributed by atoms with Gasteiger partial charge in [-0.2, -0.15) is 0 Å². The molecule has 2 nitrogen and oxygen atoms in total. The second-order valence-corrected chi connectivity index (χ2v) is 6.74. The summed E-state index contributed by atoms with van der Waals surface area (Å²) in [7, 11) is 0. The van der Waals surface area contributed by atoms with Crippen LogP contribution in [0, 0.1) is 5.41 Å². The van der Waals surface area contributed by atoms with Gasteiger partial charge in [0, 0.05) is 28.3 Å². The Morgan fingerprint density at radius 3 is 1.63 bits per heavy atom. The molecule has 0 aromatic rings. The summed E-state index contributed by atoms with van der Waals surface area (Å²) in [5.41, 5.74) is -3.27. The predicted molar refractivity (Wildman–Crippen MR) is 79.1 cm³/mol. The molecule has 0 spiro atoms. The summed E-state index contributed by atoms with van der Waals surface area (Å²) in [5, 5.41) is 23.0. The monoisotopic (exact) mass is 300 g/mol. The minimum Gasteiger partial charge on any atom is -0.385 e. The van der Waals surface area contributed by atoms with E-state index in [9.17, 15) is 10.2 Å². The van der Waals surface area contributed by atoms with Crippen molar-refractivity contribution in [1.29, 1.82) is 0 Å². The summed E-state index contributed by atoms with van der Waals surface area (Å²) in [4.78, 5) is 0. The van der Waals surface area contributed by atoms with Crippen molar-refractivity contribution in [2.45, 2.75) is 37.9 Å². The van der Waals surface area contributed by atoms with Gasteiger partial charge in [-0.3, -0.25) is 0 Å². The van der Waals surface area contributed by atoms with Gasteiger partial charge in [-0.05, 0) is 12.2 Å². The van der Waals surface area contributed by atoms with E-state index >= 15 is 0 Å². The van der Waals surface area contributed by atoms with Gasteiger partial charge in [0.15, 0.2) is 0 Å². The molecule has 0 fully saturated rings. The molecule has 4 heteroatoms. The Morgan fingerprint density at radius 2 is 1.32 bits per heavy atom. The third-order valence-corrected chi connectivity index (χ3v) is 4.86. The van der Waals surface area contributed by atoms with E-state index < -0.39 is 16.6 Å². The minimum atomic E-state index is -1.22. The van der Waals surface area contributed by atoms with Crippen LogP contribution in [0.15, 0.2) is 46.5 Å². The van der Waals surface area contributed by atoms with Gasteiger partial charge in [0.25, 0.3) is 0 Å². The van der Waals surface area contributed by atoms with Crippen LogP contribution in [0.2, 0.25) is 0 Å². The summed E-state index contributed by atoms with van der Waals surface area (Å²) in [5.74, 6) is 0. The van der Waals surface area contributed by atoms with Gasteiger partial charge in [-0.1, -0.05) is 61.4 Å². The van der Waals surface area contributed by atoms with Crippen LogP contribution < -0.4 is 0 Å². The molecular weight excluding hydrogens is 283 g/mol. The molecule has 0 aliphatic heterocycles. The lowest BCUT2D eigenvalue weighted by Gasteiger charge is -2.51. The zero-order valence-electron chi connectivity index (χ0n) is 11.0. The fourth-order valence-electron chi connectivity index (χ4n) is 2.61. The minimum absolute atomic E-state index is 0.287. The van der Waals surface area contributed by atoms with E-state index in [1.807, 2.05) is 13.8 Å². The van der Waals surface area contributed by atoms with Crippen LogP contribution in [0.1, 0.15) is 26.7 Å². The normalized spacial score (nSPS) is 35.1. The zero-order valence-corrected chi connectivity index (χ0v) is 12.5. The van der Waals surface area contributed by atoms with Crippen LogP contribution in [0.3, 0.4) is 0 Å². The third kappa shape index (κ3) is 2.43. The van der Waals surface area contributed by atoms with Crippen LogP contribution in [0.4, 0.5) is 0 Å². The molecule has 0 amide bonds. The van der Waals surface area contributed by atoms with E-state index in [2.05, 4.69) is 0 Å². The average molecular weight is 301 g/mol. The Kier molecular flexibility index (Phi) is 3.74. The van der Waals surface area contributed by atoms with Gasteiger partial charge in [0.1, 0.15) is 0 Å². The number of hydrogen-bond donors (Lipinski definition) is 2.